The fourth-order valence-electron chi connectivity index (χ4n) is 2.14. The number of aliphatic hydroxyl groups is 1. The molecule has 0 amide bonds. The average molecular weight is 300 g/mol. The lowest BCUT2D eigenvalue weighted by molar-refractivity contribution is 0.274. The van der Waals surface area contributed by atoms with Crippen molar-refractivity contribution in [3.63, 3.8) is 0 Å². The second kappa shape index (κ2) is 6.12. The van der Waals surface area contributed by atoms with Crippen LogP contribution in [-0.2, 0) is 13.2 Å². The van der Waals surface area contributed by atoms with Crippen molar-refractivity contribution in [2.45, 2.75) is 13.2 Å². The Kier molecular flexibility index (Phi) is 4.04. The van der Waals surface area contributed by atoms with Crippen molar-refractivity contribution in [3.05, 3.63) is 70.9 Å². The van der Waals surface area contributed by atoms with E-state index in [1.165, 1.54) is 0 Å². The molecule has 3 rings (SSSR count). The second-order valence-corrected chi connectivity index (χ2v) is 5.14. The molecule has 0 fully saturated rings. The van der Waals surface area contributed by atoms with E-state index in [4.69, 9.17) is 16.3 Å². The van der Waals surface area contributed by atoms with Crippen LogP contribution in [0, 0.1) is 0 Å². The number of hydrogen-bond acceptors (Lipinski definition) is 3. The molecule has 4 heteroatoms. The largest absolute Gasteiger partial charge is 0.488 e. The predicted molar refractivity (Wildman–Crippen MR) is 83.4 cm³/mol. The van der Waals surface area contributed by atoms with Crippen LogP contribution < -0.4 is 4.74 Å². The molecule has 21 heavy (non-hydrogen) atoms. The molecule has 0 radical (unpaired) electrons. The first kappa shape index (κ1) is 13.9. The van der Waals surface area contributed by atoms with Gasteiger partial charge in [0.15, 0.2) is 0 Å². The fraction of sp³-hybridized carbons (Fsp3) is 0.118. The van der Waals surface area contributed by atoms with Crippen LogP contribution in [0.25, 0.3) is 10.9 Å². The molecular weight excluding hydrogens is 286 g/mol. The summed E-state index contributed by atoms with van der Waals surface area (Å²) in [6.45, 7) is 0.332. The molecule has 0 spiro atoms. The first-order valence-electron chi connectivity index (χ1n) is 6.63. The van der Waals surface area contributed by atoms with Gasteiger partial charge >= 0.3 is 0 Å². The second-order valence-electron chi connectivity index (χ2n) is 4.70. The van der Waals surface area contributed by atoms with Gasteiger partial charge in [-0.25, -0.2) is 0 Å². The summed E-state index contributed by atoms with van der Waals surface area (Å²) in [5, 5.41) is 10.9. The van der Waals surface area contributed by atoms with Gasteiger partial charge in [0, 0.05) is 16.5 Å². The number of para-hydroxylation sites is 1. The highest BCUT2D eigenvalue weighted by atomic mass is 35.5. The summed E-state index contributed by atoms with van der Waals surface area (Å²) in [7, 11) is 0. The number of nitrogens with zero attached hydrogens (tertiary/aromatic N) is 1. The molecule has 1 aromatic heterocycles. The summed E-state index contributed by atoms with van der Waals surface area (Å²) in [4.78, 5) is 4.37. The lowest BCUT2D eigenvalue weighted by Gasteiger charge is -2.11. The summed E-state index contributed by atoms with van der Waals surface area (Å²) in [6.07, 6.45) is 0. The molecule has 0 aliphatic rings. The quantitative estimate of drug-likeness (QED) is 0.793. The molecule has 0 atom stereocenters. The number of aliphatic hydroxyl groups excluding tert-OH is 1. The number of fused-ring (bicyclic) bond motifs is 1. The predicted octanol–water partition coefficient (Wildman–Crippen LogP) is 3.96. The molecule has 0 aliphatic carbocycles. The number of pyridine rings is 1. The third-order valence-corrected chi connectivity index (χ3v) is 3.45. The number of ether oxygens (including phenoxy) is 1. The highest BCUT2D eigenvalue weighted by Gasteiger charge is 2.06. The Bertz CT molecular complexity index is 756. The Balaban J connectivity index is 1.90. The van der Waals surface area contributed by atoms with Crippen molar-refractivity contribution in [3.8, 4) is 5.75 Å². The molecule has 0 unspecified atom stereocenters. The summed E-state index contributed by atoms with van der Waals surface area (Å²) in [5.74, 6) is 0.722. The third-order valence-electron chi connectivity index (χ3n) is 3.20. The van der Waals surface area contributed by atoms with Crippen LogP contribution >= 0.6 is 11.6 Å². The molecule has 1 N–H and O–H groups in total. The van der Waals surface area contributed by atoms with E-state index >= 15 is 0 Å². The number of hydrogen-bond donors (Lipinski definition) is 1. The molecule has 1 heterocycles. The molecular formula is C17H14ClNO2. The van der Waals surface area contributed by atoms with E-state index in [0.717, 1.165) is 22.2 Å². The average Bonchev–Trinajstić information content (AvgIpc) is 2.53. The highest BCUT2D eigenvalue weighted by molar-refractivity contribution is 6.30. The van der Waals surface area contributed by atoms with E-state index in [2.05, 4.69) is 4.98 Å². The van der Waals surface area contributed by atoms with E-state index in [1.807, 2.05) is 48.5 Å². The number of aromatic nitrogens is 1. The maximum atomic E-state index is 9.30. The molecule has 3 nitrogen and oxygen atoms in total. The van der Waals surface area contributed by atoms with Gasteiger partial charge < -0.3 is 9.84 Å². The molecule has 0 saturated carbocycles. The van der Waals surface area contributed by atoms with E-state index < -0.39 is 0 Å². The van der Waals surface area contributed by atoms with Crippen molar-refractivity contribution in [2.24, 2.45) is 0 Å². The minimum atomic E-state index is -0.109. The minimum absolute atomic E-state index is 0.109. The molecule has 106 valence electrons. The van der Waals surface area contributed by atoms with Gasteiger partial charge in [-0.15, -0.1) is 0 Å². The van der Waals surface area contributed by atoms with Crippen LogP contribution in [0.2, 0.25) is 5.02 Å². The smallest absolute Gasteiger partial charge is 0.131 e. The Morgan fingerprint density at radius 3 is 2.57 bits per heavy atom. The van der Waals surface area contributed by atoms with Gasteiger partial charge in [-0.3, -0.25) is 4.98 Å². The SMILES string of the molecule is OCc1cc(OCc2ccc(Cl)cc2)c2ccccc2n1. The maximum absolute atomic E-state index is 9.30. The zero-order valence-electron chi connectivity index (χ0n) is 11.3. The van der Waals surface area contributed by atoms with Gasteiger partial charge in [0.1, 0.15) is 12.4 Å². The van der Waals surface area contributed by atoms with Crippen LogP contribution in [-0.4, -0.2) is 10.1 Å². The number of halogens is 1. The molecule has 0 aliphatic heterocycles. The summed E-state index contributed by atoms with van der Waals surface area (Å²) < 4.78 is 5.89. The van der Waals surface area contributed by atoms with E-state index in [-0.39, 0.29) is 6.61 Å². The Hall–Kier alpha value is -2.10. The number of benzene rings is 2. The Labute approximate surface area is 127 Å². The van der Waals surface area contributed by atoms with Gasteiger partial charge in [0.2, 0.25) is 0 Å². The lowest BCUT2D eigenvalue weighted by Crippen LogP contribution is -1.99. The third kappa shape index (κ3) is 3.15. The van der Waals surface area contributed by atoms with Crippen LogP contribution in [0.4, 0.5) is 0 Å². The van der Waals surface area contributed by atoms with Crippen LogP contribution in [0.5, 0.6) is 5.75 Å². The van der Waals surface area contributed by atoms with Crippen molar-refractivity contribution in [2.75, 3.05) is 0 Å². The zero-order chi connectivity index (χ0) is 14.7. The first-order chi connectivity index (χ1) is 10.3. The molecule has 2 aromatic carbocycles. The zero-order valence-corrected chi connectivity index (χ0v) is 12.0. The maximum Gasteiger partial charge on any atom is 0.131 e. The van der Waals surface area contributed by atoms with Crippen LogP contribution in [0.1, 0.15) is 11.3 Å². The summed E-state index contributed by atoms with van der Waals surface area (Å²) in [6, 6.07) is 17.0. The van der Waals surface area contributed by atoms with Gasteiger partial charge in [-0.1, -0.05) is 35.9 Å². The van der Waals surface area contributed by atoms with E-state index in [1.54, 1.807) is 6.07 Å². The standard InChI is InChI=1S/C17H14ClNO2/c18-13-7-5-12(6-8-13)11-21-17-9-14(10-20)19-16-4-2-1-3-15(16)17/h1-9,20H,10-11H2. The molecule has 0 saturated heterocycles. The Morgan fingerprint density at radius 2 is 1.81 bits per heavy atom. The molecule has 0 bridgehead atoms. The topological polar surface area (TPSA) is 42.4 Å². The molecule has 3 aromatic rings. The van der Waals surface area contributed by atoms with Crippen molar-refractivity contribution in [1.82, 2.24) is 4.98 Å². The summed E-state index contributed by atoms with van der Waals surface area (Å²) >= 11 is 5.87. The van der Waals surface area contributed by atoms with E-state index in [0.29, 0.717) is 17.3 Å². The van der Waals surface area contributed by atoms with Crippen LogP contribution in [0.15, 0.2) is 54.6 Å². The van der Waals surface area contributed by atoms with Crippen molar-refractivity contribution in [1.29, 1.82) is 0 Å². The number of rotatable bonds is 4. The lowest BCUT2D eigenvalue weighted by atomic mass is 10.2. The highest BCUT2D eigenvalue weighted by Crippen LogP contribution is 2.26. The first-order valence-corrected chi connectivity index (χ1v) is 7.01. The summed E-state index contributed by atoms with van der Waals surface area (Å²) in [5.41, 5.74) is 2.45. The monoisotopic (exact) mass is 299 g/mol. The van der Waals surface area contributed by atoms with Crippen LogP contribution in [0.3, 0.4) is 0 Å². The Morgan fingerprint density at radius 1 is 1.05 bits per heavy atom. The van der Waals surface area contributed by atoms with Crippen molar-refractivity contribution >= 4 is 22.5 Å². The normalized spacial score (nSPS) is 10.8. The van der Waals surface area contributed by atoms with Gasteiger partial charge in [0.25, 0.3) is 0 Å². The van der Waals surface area contributed by atoms with Crippen molar-refractivity contribution < 1.29 is 9.84 Å². The van der Waals surface area contributed by atoms with Gasteiger partial charge in [0.05, 0.1) is 17.8 Å². The van der Waals surface area contributed by atoms with E-state index in [9.17, 15) is 5.11 Å². The minimum Gasteiger partial charge on any atom is -0.488 e. The fourth-order valence-corrected chi connectivity index (χ4v) is 2.26. The van der Waals surface area contributed by atoms with Gasteiger partial charge in [-0.05, 0) is 29.8 Å². The van der Waals surface area contributed by atoms with Gasteiger partial charge in [-0.2, -0.15) is 0 Å².